The normalized spacial score (nSPS) is 18.3. The van der Waals surface area contributed by atoms with Gasteiger partial charge in [0, 0.05) is 43.0 Å². The third-order valence-corrected chi connectivity index (χ3v) is 7.11. The second kappa shape index (κ2) is 9.91. The Balaban J connectivity index is 1.42. The van der Waals surface area contributed by atoms with E-state index < -0.39 is 17.4 Å². The Labute approximate surface area is 223 Å². The van der Waals surface area contributed by atoms with Gasteiger partial charge in [-0.15, -0.1) is 0 Å². The minimum Gasteiger partial charge on any atom is -0.486 e. The highest BCUT2D eigenvalue weighted by atomic mass is 19.4. The molecule has 0 atom stereocenters. The lowest BCUT2D eigenvalue weighted by atomic mass is 9.93. The first-order valence-corrected chi connectivity index (χ1v) is 12.9. The Morgan fingerprint density at radius 1 is 1.13 bits per heavy atom. The van der Waals surface area contributed by atoms with Gasteiger partial charge >= 0.3 is 6.18 Å². The van der Waals surface area contributed by atoms with Gasteiger partial charge in [0.25, 0.3) is 0 Å². The van der Waals surface area contributed by atoms with E-state index in [1.165, 1.54) is 7.05 Å². The molecular formula is C26H30F3N9O. The lowest BCUT2D eigenvalue weighted by Crippen LogP contribution is -2.27. The van der Waals surface area contributed by atoms with Gasteiger partial charge in [0.05, 0.1) is 36.1 Å². The number of alkyl halides is 3. The number of nitrogens with one attached hydrogen (secondary N) is 1. The van der Waals surface area contributed by atoms with Crippen molar-refractivity contribution in [2.45, 2.75) is 70.3 Å². The highest BCUT2D eigenvalue weighted by Crippen LogP contribution is 2.39. The number of aryl methyl sites for hydroxylation is 1. The maximum absolute atomic E-state index is 13.5. The smallest absolute Gasteiger partial charge is 0.436 e. The van der Waals surface area contributed by atoms with Crippen molar-refractivity contribution in [3.8, 4) is 23.1 Å². The average molecular weight is 542 g/mol. The third kappa shape index (κ3) is 5.03. The van der Waals surface area contributed by atoms with E-state index >= 15 is 0 Å². The molecule has 1 aliphatic carbocycles. The first-order valence-electron chi connectivity index (χ1n) is 12.9. The van der Waals surface area contributed by atoms with E-state index in [2.05, 4.69) is 26.6 Å². The van der Waals surface area contributed by atoms with E-state index in [9.17, 15) is 18.4 Å². The van der Waals surface area contributed by atoms with E-state index in [0.29, 0.717) is 37.9 Å². The molecule has 1 fully saturated rings. The molecule has 4 aromatic rings. The zero-order valence-electron chi connectivity index (χ0n) is 22.2. The first-order chi connectivity index (χ1) is 18.5. The zero-order valence-corrected chi connectivity index (χ0v) is 22.2. The summed E-state index contributed by atoms with van der Waals surface area (Å²) in [7, 11) is 1.26. The molecule has 13 heteroatoms. The summed E-state index contributed by atoms with van der Waals surface area (Å²) in [5.41, 5.74) is 0.693. The number of nitrogens with zero attached hydrogens (tertiary/aromatic N) is 8. The largest absolute Gasteiger partial charge is 0.486 e. The van der Waals surface area contributed by atoms with Crippen LogP contribution in [0.15, 0.2) is 30.9 Å². The van der Waals surface area contributed by atoms with Gasteiger partial charge in [-0.25, -0.2) is 4.98 Å². The van der Waals surface area contributed by atoms with Gasteiger partial charge in [-0.05, 0) is 46.5 Å². The second-order valence-corrected chi connectivity index (χ2v) is 10.3. The van der Waals surface area contributed by atoms with Crippen molar-refractivity contribution in [1.82, 2.24) is 34.3 Å². The summed E-state index contributed by atoms with van der Waals surface area (Å²) in [6.07, 6.45) is 4.05. The lowest BCUT2D eigenvalue weighted by Gasteiger charge is -2.29. The molecule has 1 N–H and O–H groups in total. The van der Waals surface area contributed by atoms with E-state index in [4.69, 9.17) is 9.84 Å². The van der Waals surface area contributed by atoms with Crippen molar-refractivity contribution in [1.29, 1.82) is 5.26 Å². The van der Waals surface area contributed by atoms with E-state index in [1.807, 2.05) is 23.9 Å². The van der Waals surface area contributed by atoms with Crippen LogP contribution < -0.4 is 10.1 Å². The van der Waals surface area contributed by atoms with Crippen molar-refractivity contribution in [2.24, 2.45) is 7.05 Å². The highest BCUT2D eigenvalue weighted by molar-refractivity contribution is 5.93. The van der Waals surface area contributed by atoms with Crippen LogP contribution >= 0.6 is 0 Å². The molecule has 0 spiro atoms. The number of anilines is 1. The molecule has 4 aromatic heterocycles. The fourth-order valence-electron chi connectivity index (χ4n) is 5.02. The van der Waals surface area contributed by atoms with Gasteiger partial charge in [0.1, 0.15) is 17.1 Å². The quantitative estimate of drug-likeness (QED) is 0.338. The predicted octanol–water partition coefficient (Wildman–Crippen LogP) is 5.30. The van der Waals surface area contributed by atoms with Gasteiger partial charge in [-0.1, -0.05) is 0 Å². The molecule has 4 heterocycles. The van der Waals surface area contributed by atoms with E-state index in [0.717, 1.165) is 33.2 Å². The monoisotopic (exact) mass is 541 g/mol. The third-order valence-electron chi connectivity index (χ3n) is 7.11. The van der Waals surface area contributed by atoms with Crippen LogP contribution in [0, 0.1) is 11.3 Å². The summed E-state index contributed by atoms with van der Waals surface area (Å²) in [6, 6.07) is 4.24. The molecule has 39 heavy (non-hydrogen) atoms. The summed E-state index contributed by atoms with van der Waals surface area (Å²) in [6.45, 7) is 6.28. The molecule has 0 radical (unpaired) electrons. The second-order valence-electron chi connectivity index (χ2n) is 10.3. The van der Waals surface area contributed by atoms with Gasteiger partial charge in [-0.2, -0.15) is 33.7 Å². The van der Waals surface area contributed by atoms with Crippen molar-refractivity contribution in [3.63, 3.8) is 0 Å². The lowest BCUT2D eigenvalue weighted by molar-refractivity contribution is -0.145. The molecular weight excluding hydrogens is 511 g/mol. The number of aromatic nitrogens is 7. The van der Waals surface area contributed by atoms with Gasteiger partial charge < -0.3 is 10.1 Å². The van der Waals surface area contributed by atoms with Crippen molar-refractivity contribution >= 4 is 16.7 Å². The van der Waals surface area contributed by atoms with Crippen molar-refractivity contribution in [2.75, 3.05) is 11.9 Å². The molecule has 1 saturated carbocycles. The first kappa shape index (κ1) is 26.5. The molecule has 0 unspecified atom stereocenters. The Kier molecular flexibility index (Phi) is 6.74. The SMILES string of the molecule is CCNc1cc2c(cn1)c(-c1cnn(C(C)(C)C#N)c1)nn2C1CCC(Oc2cnn(C)c2C(F)(F)F)CC1. The number of hydrogen-bond acceptors (Lipinski definition) is 7. The maximum Gasteiger partial charge on any atom is 0.436 e. The number of hydrogen-bond donors (Lipinski definition) is 1. The van der Waals surface area contributed by atoms with Crippen molar-refractivity contribution in [3.05, 3.63) is 36.5 Å². The van der Waals surface area contributed by atoms with Crippen LogP contribution in [0.2, 0.25) is 0 Å². The van der Waals surface area contributed by atoms with Crippen molar-refractivity contribution < 1.29 is 17.9 Å². The number of halogens is 3. The van der Waals surface area contributed by atoms with E-state index in [-0.39, 0.29) is 17.9 Å². The van der Waals surface area contributed by atoms with Crippen LogP contribution in [0.1, 0.15) is 58.2 Å². The van der Waals surface area contributed by atoms with Crippen LogP contribution in [0.3, 0.4) is 0 Å². The van der Waals surface area contributed by atoms with Crippen LogP contribution in [-0.4, -0.2) is 47.0 Å². The number of pyridine rings is 1. The maximum atomic E-state index is 13.5. The topological polar surface area (TPSA) is 111 Å². The number of ether oxygens (including phenoxy) is 1. The molecule has 5 rings (SSSR count). The average Bonchev–Trinajstić information content (AvgIpc) is 3.62. The summed E-state index contributed by atoms with van der Waals surface area (Å²) >= 11 is 0. The molecule has 206 valence electrons. The Morgan fingerprint density at radius 2 is 1.87 bits per heavy atom. The Morgan fingerprint density at radius 3 is 2.54 bits per heavy atom. The van der Waals surface area contributed by atoms with Gasteiger partial charge in [0.2, 0.25) is 0 Å². The molecule has 1 aliphatic rings. The number of nitriles is 1. The predicted molar refractivity (Wildman–Crippen MR) is 138 cm³/mol. The van der Waals surface area contributed by atoms with Gasteiger partial charge in [-0.3, -0.25) is 14.0 Å². The molecule has 10 nitrogen and oxygen atoms in total. The van der Waals surface area contributed by atoms with Gasteiger partial charge in [0.15, 0.2) is 11.4 Å². The molecule has 0 saturated heterocycles. The van der Waals surface area contributed by atoms with E-state index in [1.54, 1.807) is 30.9 Å². The zero-order chi connectivity index (χ0) is 27.9. The molecule has 0 amide bonds. The Hall–Kier alpha value is -4.08. The van der Waals surface area contributed by atoms with Crippen LogP contribution in [0.5, 0.6) is 5.75 Å². The number of rotatable bonds is 7. The Bertz CT molecular complexity index is 1520. The fourth-order valence-corrected chi connectivity index (χ4v) is 5.02. The summed E-state index contributed by atoms with van der Waals surface area (Å²) < 4.78 is 50.6. The van der Waals surface area contributed by atoms with Crippen LogP contribution in [0.25, 0.3) is 22.2 Å². The summed E-state index contributed by atoms with van der Waals surface area (Å²) in [5, 5.41) is 26.7. The minimum absolute atomic E-state index is 0.0274. The summed E-state index contributed by atoms with van der Waals surface area (Å²) in [5.74, 6) is 0.492. The number of fused-ring (bicyclic) bond motifs is 1. The van der Waals surface area contributed by atoms with Crippen LogP contribution in [-0.2, 0) is 18.8 Å². The molecule has 0 bridgehead atoms. The standard InChI is InChI=1S/C26H30F3N9O/c1-5-31-22-10-20-19(12-32-22)23(16-11-34-37(14-16)25(2,3)15-30)35-38(20)17-6-8-18(9-7-17)39-21-13-33-36(4)24(21)26(27,28)29/h10-14,17-18H,5-9H2,1-4H3,(H,31,32). The molecule has 0 aromatic carbocycles. The fraction of sp³-hybridized carbons (Fsp3) is 0.500. The molecule has 0 aliphatic heterocycles. The summed E-state index contributed by atoms with van der Waals surface area (Å²) in [4.78, 5) is 4.54. The minimum atomic E-state index is -4.54. The highest BCUT2D eigenvalue weighted by Gasteiger charge is 2.39. The van der Waals surface area contributed by atoms with Crippen LogP contribution in [0.4, 0.5) is 19.0 Å².